The summed E-state index contributed by atoms with van der Waals surface area (Å²) in [5.41, 5.74) is 6.75. The summed E-state index contributed by atoms with van der Waals surface area (Å²) in [5.74, 6) is -0.0892. The summed E-state index contributed by atoms with van der Waals surface area (Å²) in [5, 5.41) is 7.52. The van der Waals surface area contributed by atoms with E-state index in [9.17, 15) is 4.79 Å². The molecule has 0 saturated heterocycles. The minimum atomic E-state index is -0.238. The number of nitrogens with zero attached hydrogens (tertiary/aromatic N) is 2. The van der Waals surface area contributed by atoms with Gasteiger partial charge in [-0.15, -0.1) is 24.8 Å². The molecule has 25 heavy (non-hydrogen) atoms. The maximum Gasteiger partial charge on any atom is 0.271 e. The number of nitrogens with one attached hydrogen (secondary N) is 1. The molecule has 2 fully saturated rings. The fourth-order valence-electron chi connectivity index (χ4n) is 3.96. The number of aromatic nitrogens is 2. The lowest BCUT2D eigenvalue weighted by atomic mass is 9.91. The molecule has 0 aliphatic heterocycles. The van der Waals surface area contributed by atoms with Crippen LogP contribution in [0.1, 0.15) is 87.2 Å². The molecule has 5 nitrogen and oxygen atoms in total. The highest BCUT2D eigenvalue weighted by atomic mass is 35.5. The number of halogens is 2. The summed E-state index contributed by atoms with van der Waals surface area (Å²) >= 11 is 0. The number of hydrogen-bond acceptors (Lipinski definition) is 3. The minimum absolute atomic E-state index is 0. The molecule has 3 N–H and O–H groups in total. The third-order valence-corrected chi connectivity index (χ3v) is 5.49. The second-order valence-electron chi connectivity index (χ2n) is 7.43. The molecule has 0 aromatic carbocycles. The molecule has 2 saturated carbocycles. The van der Waals surface area contributed by atoms with Gasteiger partial charge in [0, 0.05) is 18.3 Å². The highest BCUT2D eigenvalue weighted by Crippen LogP contribution is 2.27. The zero-order chi connectivity index (χ0) is 16.1. The van der Waals surface area contributed by atoms with Gasteiger partial charge in [-0.1, -0.05) is 44.9 Å². The van der Waals surface area contributed by atoms with Crippen LogP contribution >= 0.6 is 24.8 Å². The van der Waals surface area contributed by atoms with E-state index in [1.165, 1.54) is 57.8 Å². The van der Waals surface area contributed by atoms with E-state index in [1.54, 1.807) is 0 Å². The number of carbonyl (C=O) groups is 1. The second-order valence-corrected chi connectivity index (χ2v) is 7.43. The molecular weight excluding hydrogens is 359 g/mol. The van der Waals surface area contributed by atoms with Gasteiger partial charge < -0.3 is 11.1 Å². The van der Waals surface area contributed by atoms with Gasteiger partial charge in [0.15, 0.2) is 0 Å². The van der Waals surface area contributed by atoms with Gasteiger partial charge in [0.1, 0.15) is 5.69 Å². The molecule has 0 spiro atoms. The van der Waals surface area contributed by atoms with Crippen molar-refractivity contribution in [2.45, 2.75) is 82.2 Å². The fourth-order valence-corrected chi connectivity index (χ4v) is 3.96. The van der Waals surface area contributed by atoms with Gasteiger partial charge in [0.25, 0.3) is 5.91 Å². The van der Waals surface area contributed by atoms with Crippen molar-refractivity contribution in [1.82, 2.24) is 15.1 Å². The van der Waals surface area contributed by atoms with Gasteiger partial charge in [-0.2, -0.15) is 5.10 Å². The Morgan fingerprint density at radius 1 is 1.12 bits per heavy atom. The molecule has 3 rings (SSSR count). The molecule has 0 unspecified atom stereocenters. The Kier molecular flexibility index (Phi) is 9.25. The van der Waals surface area contributed by atoms with Crippen molar-refractivity contribution >= 4 is 30.7 Å². The zero-order valence-corrected chi connectivity index (χ0v) is 16.5. The van der Waals surface area contributed by atoms with Crippen LogP contribution in [0.25, 0.3) is 0 Å². The number of nitrogens with two attached hydrogens (primary N) is 1. The maximum atomic E-state index is 12.4. The van der Waals surface area contributed by atoms with E-state index < -0.39 is 0 Å². The summed E-state index contributed by atoms with van der Waals surface area (Å²) in [6.07, 6.45) is 15.0. The highest BCUT2D eigenvalue weighted by molar-refractivity contribution is 5.92. The summed E-state index contributed by atoms with van der Waals surface area (Å²) in [4.78, 5) is 12.4. The predicted molar refractivity (Wildman–Crippen MR) is 106 cm³/mol. The Labute approximate surface area is 163 Å². The number of amides is 1. The Hall–Kier alpha value is -0.780. The maximum absolute atomic E-state index is 12.4. The minimum Gasteiger partial charge on any atom is -0.349 e. The molecule has 7 heteroatoms. The van der Waals surface area contributed by atoms with Crippen LogP contribution < -0.4 is 11.1 Å². The first-order valence-electron chi connectivity index (χ1n) is 9.29. The molecule has 0 radical (unpaired) electrons. The molecule has 1 aromatic heterocycles. The molecule has 0 bridgehead atoms. The Morgan fingerprint density at radius 2 is 1.72 bits per heavy atom. The van der Waals surface area contributed by atoms with Crippen LogP contribution in [0, 0.1) is 0 Å². The van der Waals surface area contributed by atoms with Crippen molar-refractivity contribution < 1.29 is 4.79 Å². The molecule has 1 heterocycles. The van der Waals surface area contributed by atoms with Crippen molar-refractivity contribution in [3.05, 3.63) is 18.0 Å². The van der Waals surface area contributed by atoms with E-state index in [-0.39, 0.29) is 36.3 Å². The molecular formula is C18H32Cl2N4O. The van der Waals surface area contributed by atoms with E-state index in [0.717, 1.165) is 12.8 Å². The first kappa shape index (κ1) is 22.3. The van der Waals surface area contributed by atoms with Crippen molar-refractivity contribution in [3.63, 3.8) is 0 Å². The molecule has 144 valence electrons. The Balaban J connectivity index is 0.00000156. The van der Waals surface area contributed by atoms with Crippen LogP contribution in [0.2, 0.25) is 0 Å². The van der Waals surface area contributed by atoms with Gasteiger partial charge in [-0.25, -0.2) is 0 Å². The van der Waals surface area contributed by atoms with Crippen LogP contribution in [0.5, 0.6) is 0 Å². The molecule has 0 atom stereocenters. The quantitative estimate of drug-likeness (QED) is 0.762. The van der Waals surface area contributed by atoms with Crippen molar-refractivity contribution in [2.75, 3.05) is 6.54 Å². The third kappa shape index (κ3) is 6.15. The fraction of sp³-hybridized carbons (Fsp3) is 0.778. The SMILES string of the molecule is Cl.Cl.NC1(CNC(=O)c2ccn(C3CCCCC3)n2)CCCCCC1. The summed E-state index contributed by atoms with van der Waals surface area (Å²) in [7, 11) is 0. The van der Waals surface area contributed by atoms with Crippen molar-refractivity contribution in [3.8, 4) is 0 Å². The van der Waals surface area contributed by atoms with Crippen LogP contribution in [-0.2, 0) is 0 Å². The van der Waals surface area contributed by atoms with Gasteiger partial charge >= 0.3 is 0 Å². The van der Waals surface area contributed by atoms with Crippen LogP contribution in [-0.4, -0.2) is 27.8 Å². The van der Waals surface area contributed by atoms with Crippen molar-refractivity contribution in [1.29, 1.82) is 0 Å². The smallest absolute Gasteiger partial charge is 0.271 e. The molecule has 1 amide bonds. The largest absolute Gasteiger partial charge is 0.349 e. The summed E-state index contributed by atoms with van der Waals surface area (Å²) in [6, 6.07) is 2.30. The van der Waals surface area contributed by atoms with Crippen LogP contribution in [0.4, 0.5) is 0 Å². The van der Waals surface area contributed by atoms with Crippen LogP contribution in [0.3, 0.4) is 0 Å². The van der Waals surface area contributed by atoms with Crippen LogP contribution in [0.15, 0.2) is 12.3 Å². The zero-order valence-electron chi connectivity index (χ0n) is 14.9. The standard InChI is InChI=1S/C18H30N4O.2ClH/c19-18(11-6-1-2-7-12-18)14-20-17(23)16-10-13-22(21-16)15-8-4-3-5-9-15;;/h10,13,15H,1-9,11-12,14,19H2,(H,20,23);2*1H. The number of carbonyl (C=O) groups excluding carboxylic acids is 1. The molecule has 2 aliphatic carbocycles. The normalized spacial score (nSPS) is 20.7. The third-order valence-electron chi connectivity index (χ3n) is 5.49. The average Bonchev–Trinajstić information content (AvgIpc) is 2.97. The van der Waals surface area contributed by atoms with E-state index in [0.29, 0.717) is 18.3 Å². The lowest BCUT2D eigenvalue weighted by Crippen LogP contribution is -2.49. The van der Waals surface area contributed by atoms with Gasteiger partial charge in [-0.3, -0.25) is 9.48 Å². The number of rotatable bonds is 4. The van der Waals surface area contributed by atoms with E-state index in [4.69, 9.17) is 5.73 Å². The number of hydrogen-bond donors (Lipinski definition) is 2. The molecule has 2 aliphatic rings. The van der Waals surface area contributed by atoms with Crippen molar-refractivity contribution in [2.24, 2.45) is 5.73 Å². The monoisotopic (exact) mass is 390 g/mol. The predicted octanol–water partition coefficient (Wildman–Crippen LogP) is 4.01. The Morgan fingerprint density at radius 3 is 2.36 bits per heavy atom. The second kappa shape index (κ2) is 10.4. The highest BCUT2D eigenvalue weighted by Gasteiger charge is 2.27. The first-order chi connectivity index (χ1) is 11.2. The lowest BCUT2D eigenvalue weighted by Gasteiger charge is -2.28. The average molecular weight is 391 g/mol. The molecule has 1 aromatic rings. The topological polar surface area (TPSA) is 72.9 Å². The first-order valence-corrected chi connectivity index (χ1v) is 9.29. The lowest BCUT2D eigenvalue weighted by molar-refractivity contribution is 0.0934. The van der Waals surface area contributed by atoms with E-state index >= 15 is 0 Å². The van der Waals surface area contributed by atoms with Gasteiger partial charge in [0.2, 0.25) is 0 Å². The summed E-state index contributed by atoms with van der Waals surface area (Å²) < 4.78 is 1.98. The van der Waals surface area contributed by atoms with Gasteiger partial charge in [0.05, 0.1) is 6.04 Å². The van der Waals surface area contributed by atoms with Gasteiger partial charge in [-0.05, 0) is 31.7 Å². The van der Waals surface area contributed by atoms with E-state index in [2.05, 4.69) is 10.4 Å². The Bertz CT molecular complexity index is 521. The summed E-state index contributed by atoms with van der Waals surface area (Å²) in [6.45, 7) is 0.558. The van der Waals surface area contributed by atoms with E-state index in [1.807, 2.05) is 16.9 Å².